The van der Waals surface area contributed by atoms with Crippen molar-refractivity contribution in [1.29, 1.82) is 0 Å². The lowest BCUT2D eigenvalue weighted by molar-refractivity contribution is -0.384. The van der Waals surface area contributed by atoms with E-state index in [9.17, 15) is 20.0 Å². The first-order valence-corrected chi connectivity index (χ1v) is 6.36. The van der Waals surface area contributed by atoms with E-state index in [1.807, 2.05) is 6.92 Å². The molecule has 1 aliphatic heterocycles. The van der Waals surface area contributed by atoms with Gasteiger partial charge >= 0.3 is 5.97 Å². The molecule has 108 valence electrons. The molecule has 0 aliphatic carbocycles. The zero-order chi connectivity index (χ0) is 14.7. The Morgan fingerprint density at radius 3 is 2.80 bits per heavy atom. The van der Waals surface area contributed by atoms with Gasteiger partial charge in [-0.15, -0.1) is 0 Å². The number of nitro groups is 1. The quantitative estimate of drug-likeness (QED) is 0.649. The molecule has 1 aliphatic rings. The van der Waals surface area contributed by atoms with Gasteiger partial charge in [0.1, 0.15) is 11.6 Å². The highest BCUT2D eigenvalue weighted by Crippen LogP contribution is 2.32. The van der Waals surface area contributed by atoms with Crippen LogP contribution < -0.4 is 4.90 Å². The topological polar surface area (TPSA) is 92.9 Å². The Kier molecular flexibility index (Phi) is 4.19. The van der Waals surface area contributed by atoms with Crippen molar-refractivity contribution in [2.75, 3.05) is 24.7 Å². The smallest absolute Gasteiger partial charge is 0.311 e. The monoisotopic (exact) mass is 280 g/mol. The number of hydrogen-bond acceptors (Lipinski definition) is 5. The van der Waals surface area contributed by atoms with Gasteiger partial charge in [0.2, 0.25) is 0 Å². The van der Waals surface area contributed by atoms with Crippen LogP contribution in [0.15, 0.2) is 24.3 Å². The van der Waals surface area contributed by atoms with Crippen LogP contribution in [0.2, 0.25) is 0 Å². The Hall–Kier alpha value is -2.15. The summed E-state index contributed by atoms with van der Waals surface area (Å²) in [4.78, 5) is 23.6. The molecule has 2 unspecified atom stereocenters. The van der Waals surface area contributed by atoms with Crippen molar-refractivity contribution < 1.29 is 19.6 Å². The molecule has 7 heteroatoms. The van der Waals surface area contributed by atoms with Crippen molar-refractivity contribution in [3.63, 3.8) is 0 Å². The van der Waals surface area contributed by atoms with Gasteiger partial charge < -0.3 is 14.7 Å². The van der Waals surface area contributed by atoms with Gasteiger partial charge in [-0.25, -0.2) is 0 Å². The number of hydrogen-bond donors (Lipinski definition) is 1. The third-order valence-corrected chi connectivity index (χ3v) is 3.50. The molecule has 0 bridgehead atoms. The van der Waals surface area contributed by atoms with Gasteiger partial charge in [-0.1, -0.05) is 12.1 Å². The van der Waals surface area contributed by atoms with E-state index in [-0.39, 0.29) is 18.9 Å². The van der Waals surface area contributed by atoms with Crippen molar-refractivity contribution >= 4 is 17.3 Å². The first-order valence-electron chi connectivity index (χ1n) is 6.36. The number of likely N-dealkylation sites (N-methyl/N-ethyl adjacent to an activating group) is 1. The molecular formula is C13H16N2O5. The third-order valence-electron chi connectivity index (χ3n) is 3.50. The molecule has 1 saturated heterocycles. The maximum Gasteiger partial charge on any atom is 0.311 e. The molecule has 0 amide bonds. The molecule has 0 saturated carbocycles. The van der Waals surface area contributed by atoms with Gasteiger partial charge in [0.15, 0.2) is 0 Å². The fourth-order valence-corrected chi connectivity index (χ4v) is 2.53. The van der Waals surface area contributed by atoms with Crippen LogP contribution in [0.1, 0.15) is 6.92 Å². The molecule has 0 aromatic heterocycles. The first-order chi connectivity index (χ1) is 9.56. The second kappa shape index (κ2) is 5.87. The number of carboxylic acids is 1. The average Bonchev–Trinajstić information content (AvgIpc) is 2.89. The number of para-hydroxylation sites is 2. The SMILES string of the molecule is CCN(c1ccccc1[N+](=O)[O-])C1COCC1C(=O)O. The van der Waals surface area contributed by atoms with Crippen LogP contribution in [0.25, 0.3) is 0 Å². The number of rotatable bonds is 5. The number of nitrogens with zero attached hydrogens (tertiary/aromatic N) is 2. The van der Waals surface area contributed by atoms with Crippen LogP contribution >= 0.6 is 0 Å². The fourth-order valence-electron chi connectivity index (χ4n) is 2.53. The maximum absolute atomic E-state index is 11.2. The molecule has 0 spiro atoms. The summed E-state index contributed by atoms with van der Waals surface area (Å²) in [6, 6.07) is 5.97. The van der Waals surface area contributed by atoms with Gasteiger partial charge in [0, 0.05) is 12.6 Å². The molecule has 7 nitrogen and oxygen atoms in total. The predicted molar refractivity (Wildman–Crippen MR) is 71.8 cm³/mol. The molecule has 1 fully saturated rings. The second-order valence-corrected chi connectivity index (χ2v) is 4.58. The predicted octanol–water partition coefficient (Wildman–Crippen LogP) is 1.52. The Morgan fingerprint density at radius 2 is 2.20 bits per heavy atom. The molecule has 1 aromatic carbocycles. The summed E-state index contributed by atoms with van der Waals surface area (Å²) >= 11 is 0. The van der Waals surface area contributed by atoms with Crippen LogP contribution in [0.3, 0.4) is 0 Å². The normalized spacial score (nSPS) is 21.6. The minimum Gasteiger partial charge on any atom is -0.481 e. The van der Waals surface area contributed by atoms with E-state index in [4.69, 9.17) is 4.74 Å². The van der Waals surface area contributed by atoms with Crippen LogP contribution in [-0.2, 0) is 9.53 Å². The summed E-state index contributed by atoms with van der Waals surface area (Å²) in [5.74, 6) is -1.61. The van der Waals surface area contributed by atoms with Crippen LogP contribution in [0.4, 0.5) is 11.4 Å². The lowest BCUT2D eigenvalue weighted by atomic mass is 10.0. The Labute approximate surface area is 115 Å². The highest BCUT2D eigenvalue weighted by Gasteiger charge is 2.39. The summed E-state index contributed by atoms with van der Waals surface area (Å²) in [7, 11) is 0. The lowest BCUT2D eigenvalue weighted by Gasteiger charge is -2.30. The van der Waals surface area contributed by atoms with Gasteiger partial charge in [-0.2, -0.15) is 0 Å². The zero-order valence-electron chi connectivity index (χ0n) is 11.1. The largest absolute Gasteiger partial charge is 0.481 e. The zero-order valence-corrected chi connectivity index (χ0v) is 11.1. The highest BCUT2D eigenvalue weighted by molar-refractivity contribution is 5.73. The Bertz CT molecular complexity index is 519. The van der Waals surface area contributed by atoms with Crippen molar-refractivity contribution in [3.05, 3.63) is 34.4 Å². The van der Waals surface area contributed by atoms with Gasteiger partial charge in [-0.3, -0.25) is 14.9 Å². The van der Waals surface area contributed by atoms with Gasteiger partial charge in [-0.05, 0) is 13.0 Å². The Morgan fingerprint density at radius 1 is 1.50 bits per heavy atom. The standard InChI is InChI=1S/C13H16N2O5/c1-2-14(12-8-20-7-9(12)13(16)17)10-5-3-4-6-11(10)15(18)19/h3-6,9,12H,2,7-8H2,1H3,(H,16,17). The van der Waals surface area contributed by atoms with Crippen molar-refractivity contribution in [1.82, 2.24) is 0 Å². The Balaban J connectivity index is 2.38. The molecular weight excluding hydrogens is 264 g/mol. The van der Waals surface area contributed by atoms with Crippen molar-refractivity contribution in [3.8, 4) is 0 Å². The van der Waals surface area contributed by atoms with Crippen LogP contribution in [0, 0.1) is 16.0 Å². The summed E-state index contributed by atoms with van der Waals surface area (Å²) in [5, 5.41) is 20.3. The number of anilines is 1. The molecule has 2 rings (SSSR count). The highest BCUT2D eigenvalue weighted by atomic mass is 16.6. The van der Waals surface area contributed by atoms with Gasteiger partial charge in [0.05, 0.1) is 24.2 Å². The van der Waals surface area contributed by atoms with E-state index in [0.717, 1.165) is 0 Å². The number of carboxylic acid groups (broad SMARTS) is 1. The van der Waals surface area contributed by atoms with E-state index in [0.29, 0.717) is 12.2 Å². The molecule has 1 heterocycles. The number of nitro benzene ring substituents is 1. The molecule has 20 heavy (non-hydrogen) atoms. The molecule has 1 aromatic rings. The summed E-state index contributed by atoms with van der Waals surface area (Å²) in [6.07, 6.45) is 0. The number of carbonyl (C=O) groups is 1. The summed E-state index contributed by atoms with van der Waals surface area (Å²) in [6.45, 7) is 2.71. The molecule has 1 N–H and O–H groups in total. The first kappa shape index (κ1) is 14.3. The lowest BCUT2D eigenvalue weighted by Crippen LogP contribution is -2.43. The minimum atomic E-state index is -0.940. The van der Waals surface area contributed by atoms with Crippen molar-refractivity contribution in [2.24, 2.45) is 5.92 Å². The third kappa shape index (κ3) is 2.57. The number of aliphatic carboxylic acids is 1. The van der Waals surface area contributed by atoms with Crippen LogP contribution in [0.5, 0.6) is 0 Å². The van der Waals surface area contributed by atoms with E-state index < -0.39 is 22.9 Å². The average molecular weight is 280 g/mol. The minimum absolute atomic E-state index is 0.0228. The van der Waals surface area contributed by atoms with Crippen molar-refractivity contribution in [2.45, 2.75) is 13.0 Å². The molecule has 2 atom stereocenters. The fraction of sp³-hybridized carbons (Fsp3) is 0.462. The second-order valence-electron chi connectivity index (χ2n) is 4.58. The maximum atomic E-state index is 11.2. The van der Waals surface area contributed by atoms with Gasteiger partial charge in [0.25, 0.3) is 5.69 Å². The summed E-state index contributed by atoms with van der Waals surface area (Å²) < 4.78 is 5.24. The van der Waals surface area contributed by atoms with Crippen LogP contribution in [-0.4, -0.2) is 41.8 Å². The molecule has 0 radical (unpaired) electrons. The van der Waals surface area contributed by atoms with E-state index in [1.54, 1.807) is 23.1 Å². The number of ether oxygens (including phenoxy) is 1. The van der Waals surface area contributed by atoms with E-state index in [1.165, 1.54) is 6.07 Å². The number of benzene rings is 1. The van der Waals surface area contributed by atoms with E-state index in [2.05, 4.69) is 0 Å². The summed E-state index contributed by atoms with van der Waals surface area (Å²) in [5.41, 5.74) is 0.409. The van der Waals surface area contributed by atoms with E-state index >= 15 is 0 Å².